The number of fused-ring (bicyclic) bond motifs is 1. The molecule has 0 aliphatic rings. The van der Waals surface area contributed by atoms with Crippen molar-refractivity contribution in [2.24, 2.45) is 0 Å². The second kappa shape index (κ2) is 4.71. The molecule has 0 radical (unpaired) electrons. The molecule has 0 saturated heterocycles. The summed E-state index contributed by atoms with van der Waals surface area (Å²) >= 11 is 7.39. The Kier molecular flexibility index (Phi) is 3.84. The van der Waals surface area contributed by atoms with Gasteiger partial charge in [-0.25, -0.2) is 9.97 Å². The van der Waals surface area contributed by atoms with E-state index in [9.17, 15) is 0 Å². The van der Waals surface area contributed by atoms with Crippen LogP contribution in [0.25, 0.3) is 10.2 Å². The van der Waals surface area contributed by atoms with E-state index in [-0.39, 0.29) is 0 Å². The van der Waals surface area contributed by atoms with E-state index < -0.39 is 0 Å². The Morgan fingerprint density at radius 2 is 1.93 bits per heavy atom. The van der Waals surface area contributed by atoms with E-state index >= 15 is 0 Å². The predicted octanol–water partition coefficient (Wildman–Crippen LogP) is 3.99. The Morgan fingerprint density at radius 3 is 2.57 bits per heavy atom. The van der Waals surface area contributed by atoms with Gasteiger partial charge in [0.25, 0.3) is 0 Å². The fraction of sp³-hybridized carbons (Fsp3) is 0.400. The van der Waals surface area contributed by atoms with Crippen LogP contribution in [0.5, 0.6) is 0 Å². The molecule has 2 heterocycles. The third-order valence-electron chi connectivity index (χ3n) is 1.87. The van der Waals surface area contributed by atoms with E-state index in [0.29, 0.717) is 5.28 Å². The van der Waals surface area contributed by atoms with Gasteiger partial charge in [0.2, 0.25) is 5.28 Å². The predicted molar refractivity (Wildman–Crippen MR) is 63.2 cm³/mol. The summed E-state index contributed by atoms with van der Waals surface area (Å²) in [6, 6.07) is 0. The first-order valence-corrected chi connectivity index (χ1v) is 5.76. The van der Waals surface area contributed by atoms with E-state index in [1.807, 2.05) is 13.8 Å². The summed E-state index contributed by atoms with van der Waals surface area (Å²) in [4.78, 5) is 9.37. The van der Waals surface area contributed by atoms with E-state index in [2.05, 4.69) is 23.8 Å². The molecular formula is C10H13ClN2S. The fourth-order valence-electron chi connectivity index (χ4n) is 1.10. The van der Waals surface area contributed by atoms with Crippen molar-refractivity contribution in [3.63, 3.8) is 0 Å². The zero-order valence-electron chi connectivity index (χ0n) is 8.76. The topological polar surface area (TPSA) is 25.8 Å². The monoisotopic (exact) mass is 228 g/mol. The Balaban J connectivity index is 0.000000461. The Bertz CT molecular complexity index is 437. The molecule has 0 bridgehead atoms. The minimum Gasteiger partial charge on any atom is -0.225 e. The smallest absolute Gasteiger partial charge is 0.222 e. The molecule has 0 unspecified atom stereocenters. The summed E-state index contributed by atoms with van der Waals surface area (Å²) in [6.07, 6.45) is 1.77. The molecule has 0 spiro atoms. The molecule has 14 heavy (non-hydrogen) atoms. The van der Waals surface area contributed by atoms with Crippen LogP contribution < -0.4 is 0 Å². The number of aryl methyl sites for hydroxylation is 2. The van der Waals surface area contributed by atoms with Crippen LogP contribution in [0.1, 0.15) is 24.3 Å². The number of hydrogen-bond donors (Lipinski definition) is 0. The van der Waals surface area contributed by atoms with Crippen molar-refractivity contribution in [2.75, 3.05) is 0 Å². The molecule has 0 aliphatic heterocycles. The normalized spacial score (nSPS) is 9.79. The van der Waals surface area contributed by atoms with Crippen molar-refractivity contribution in [1.29, 1.82) is 0 Å². The van der Waals surface area contributed by atoms with Crippen LogP contribution in [0.3, 0.4) is 0 Å². The average Bonchev–Trinajstić information content (AvgIpc) is 2.48. The Hall–Kier alpha value is -0.670. The van der Waals surface area contributed by atoms with Gasteiger partial charge in [-0.05, 0) is 31.0 Å². The van der Waals surface area contributed by atoms with E-state index in [1.54, 1.807) is 17.5 Å². The summed E-state index contributed by atoms with van der Waals surface area (Å²) in [5.74, 6) is 0. The van der Waals surface area contributed by atoms with Crippen LogP contribution in [-0.2, 0) is 0 Å². The van der Waals surface area contributed by atoms with Crippen LogP contribution in [0, 0.1) is 13.8 Å². The van der Waals surface area contributed by atoms with Gasteiger partial charge in [-0.3, -0.25) is 0 Å². The van der Waals surface area contributed by atoms with Crippen LogP contribution in [0.15, 0.2) is 6.20 Å². The quantitative estimate of drug-likeness (QED) is 0.638. The third kappa shape index (κ3) is 2.04. The summed E-state index contributed by atoms with van der Waals surface area (Å²) in [6.45, 7) is 8.13. The minimum absolute atomic E-state index is 0.323. The van der Waals surface area contributed by atoms with Crippen LogP contribution in [0.4, 0.5) is 0 Å². The molecule has 0 N–H and O–H groups in total. The Morgan fingerprint density at radius 1 is 1.29 bits per heavy atom. The van der Waals surface area contributed by atoms with Gasteiger partial charge < -0.3 is 0 Å². The highest BCUT2D eigenvalue weighted by Crippen LogP contribution is 2.28. The highest BCUT2D eigenvalue weighted by Gasteiger charge is 2.06. The average molecular weight is 229 g/mol. The van der Waals surface area contributed by atoms with Gasteiger partial charge in [0.05, 0.1) is 10.2 Å². The maximum atomic E-state index is 5.68. The lowest BCUT2D eigenvalue weighted by Crippen LogP contribution is -1.81. The molecule has 76 valence electrons. The first-order valence-electron chi connectivity index (χ1n) is 4.56. The van der Waals surface area contributed by atoms with Gasteiger partial charge in [0, 0.05) is 11.1 Å². The van der Waals surface area contributed by atoms with Crippen molar-refractivity contribution < 1.29 is 0 Å². The number of thiophene rings is 1. The lowest BCUT2D eigenvalue weighted by Gasteiger charge is -1.90. The summed E-state index contributed by atoms with van der Waals surface area (Å²) in [5, 5.41) is 0.323. The second-order valence-corrected chi connectivity index (χ2v) is 4.23. The van der Waals surface area contributed by atoms with E-state index in [1.165, 1.54) is 10.4 Å². The SMILES string of the molecule is CC.Cc1sc2cnc(Cl)nc2c1C. The summed E-state index contributed by atoms with van der Waals surface area (Å²) in [5.41, 5.74) is 2.19. The van der Waals surface area contributed by atoms with Crippen molar-refractivity contribution >= 4 is 33.2 Å². The first-order chi connectivity index (χ1) is 6.68. The molecule has 2 aromatic rings. The molecule has 0 atom stereocenters. The molecule has 0 fully saturated rings. The standard InChI is InChI=1S/C8H7ClN2S.C2H6/c1-4-5(2)12-6-3-10-8(9)11-7(4)6;1-2/h3H,1-2H3;1-2H3. The van der Waals surface area contributed by atoms with Gasteiger partial charge in [0.1, 0.15) is 0 Å². The van der Waals surface area contributed by atoms with Gasteiger partial charge in [0.15, 0.2) is 0 Å². The maximum absolute atomic E-state index is 5.68. The molecule has 0 aromatic carbocycles. The first kappa shape index (κ1) is 11.4. The van der Waals surface area contributed by atoms with Gasteiger partial charge >= 0.3 is 0 Å². The number of hydrogen-bond acceptors (Lipinski definition) is 3. The molecule has 2 nitrogen and oxygen atoms in total. The number of rotatable bonds is 0. The van der Waals surface area contributed by atoms with Crippen molar-refractivity contribution in [3.8, 4) is 0 Å². The number of nitrogens with zero attached hydrogens (tertiary/aromatic N) is 2. The molecule has 0 saturated carbocycles. The molecular weight excluding hydrogens is 216 g/mol. The maximum Gasteiger partial charge on any atom is 0.222 e. The molecule has 2 aromatic heterocycles. The zero-order chi connectivity index (χ0) is 10.7. The van der Waals surface area contributed by atoms with Gasteiger partial charge in [-0.15, -0.1) is 11.3 Å². The fourth-order valence-corrected chi connectivity index (χ4v) is 2.21. The molecule has 2 rings (SSSR count). The third-order valence-corrected chi connectivity index (χ3v) is 3.19. The lowest BCUT2D eigenvalue weighted by molar-refractivity contribution is 1.22. The molecule has 0 aliphatic carbocycles. The van der Waals surface area contributed by atoms with Crippen molar-refractivity contribution in [1.82, 2.24) is 9.97 Å². The van der Waals surface area contributed by atoms with E-state index in [4.69, 9.17) is 11.6 Å². The van der Waals surface area contributed by atoms with Crippen molar-refractivity contribution in [3.05, 3.63) is 21.9 Å². The van der Waals surface area contributed by atoms with Crippen LogP contribution in [0.2, 0.25) is 5.28 Å². The highest BCUT2D eigenvalue weighted by molar-refractivity contribution is 7.19. The number of aromatic nitrogens is 2. The number of halogens is 1. The lowest BCUT2D eigenvalue weighted by atomic mass is 10.2. The Labute approximate surface area is 93.0 Å². The molecule has 4 heteroatoms. The summed E-state index contributed by atoms with van der Waals surface area (Å²) in [7, 11) is 0. The van der Waals surface area contributed by atoms with Gasteiger partial charge in [-0.2, -0.15) is 0 Å². The second-order valence-electron chi connectivity index (χ2n) is 2.64. The zero-order valence-corrected chi connectivity index (χ0v) is 10.3. The largest absolute Gasteiger partial charge is 0.225 e. The van der Waals surface area contributed by atoms with Crippen molar-refractivity contribution in [2.45, 2.75) is 27.7 Å². The van der Waals surface area contributed by atoms with Gasteiger partial charge in [-0.1, -0.05) is 13.8 Å². The van der Waals surface area contributed by atoms with Crippen LogP contribution >= 0.6 is 22.9 Å². The van der Waals surface area contributed by atoms with E-state index in [0.717, 1.165) is 10.2 Å². The molecule has 0 amide bonds. The summed E-state index contributed by atoms with van der Waals surface area (Å²) < 4.78 is 1.11. The highest BCUT2D eigenvalue weighted by atomic mass is 35.5. The van der Waals surface area contributed by atoms with Crippen LogP contribution in [-0.4, -0.2) is 9.97 Å². The minimum atomic E-state index is 0.323.